The van der Waals surface area contributed by atoms with E-state index in [9.17, 15) is 33.2 Å². The molecule has 1 aromatic heterocycles. The number of rotatable bonds is 16. The number of alkyl carbamates (subject to hydrolysis) is 1. The van der Waals surface area contributed by atoms with Crippen LogP contribution in [-0.2, 0) is 41.7 Å². The summed E-state index contributed by atoms with van der Waals surface area (Å²) in [6.07, 6.45) is 0.387. The average Bonchev–Trinajstić information content (AvgIpc) is 3.43. The molecule has 14 heteroatoms. The van der Waals surface area contributed by atoms with Gasteiger partial charge in [0.25, 0.3) is 5.91 Å². The highest BCUT2D eigenvalue weighted by atomic mass is 19.1. The molecule has 0 radical (unpaired) electrons. The second kappa shape index (κ2) is 17.7. The van der Waals surface area contributed by atoms with Crippen LogP contribution in [0.5, 0.6) is 0 Å². The van der Waals surface area contributed by atoms with Crippen LogP contribution in [0.1, 0.15) is 58.2 Å². The molecule has 0 saturated carbocycles. The smallest absolute Gasteiger partial charge is 0.408 e. The molecule has 1 aromatic carbocycles. The number of nitrogens with zero attached hydrogens (tertiary/aromatic N) is 1. The van der Waals surface area contributed by atoms with Crippen molar-refractivity contribution in [2.75, 3.05) is 6.54 Å². The minimum Gasteiger partial charge on any atom is -0.445 e. The number of halogens is 1. The molecule has 0 spiro atoms. The molecule has 47 heavy (non-hydrogen) atoms. The summed E-state index contributed by atoms with van der Waals surface area (Å²) in [5, 5.41) is 12.9. The van der Waals surface area contributed by atoms with Gasteiger partial charge in [0, 0.05) is 30.6 Å². The predicted octanol–water partition coefficient (Wildman–Crippen LogP) is 1.69. The summed E-state index contributed by atoms with van der Waals surface area (Å²) in [4.78, 5) is 82.1. The molecule has 1 fully saturated rings. The first-order valence-corrected chi connectivity index (χ1v) is 15.6. The zero-order valence-corrected chi connectivity index (χ0v) is 27.0. The van der Waals surface area contributed by atoms with Crippen molar-refractivity contribution < 1.29 is 37.9 Å². The van der Waals surface area contributed by atoms with Gasteiger partial charge < -0.3 is 31.3 Å². The quantitative estimate of drug-likeness (QED) is 0.169. The molecular formula is C33H43FN6O7. The Morgan fingerprint density at radius 3 is 2.19 bits per heavy atom. The lowest BCUT2D eigenvalue weighted by atomic mass is 9.94. The summed E-state index contributed by atoms with van der Waals surface area (Å²) in [6.45, 7) is 7.36. The summed E-state index contributed by atoms with van der Waals surface area (Å²) in [7, 11) is 0. The van der Waals surface area contributed by atoms with Gasteiger partial charge in [-0.3, -0.25) is 29.0 Å². The minimum absolute atomic E-state index is 0.0625. The van der Waals surface area contributed by atoms with Gasteiger partial charge in [-0.15, -0.1) is 0 Å². The summed E-state index contributed by atoms with van der Waals surface area (Å²) in [5.41, 5.74) is 1.01. The number of aromatic nitrogens is 1. The molecular weight excluding hydrogens is 611 g/mol. The Morgan fingerprint density at radius 1 is 0.915 bits per heavy atom. The highest BCUT2D eigenvalue weighted by Gasteiger charge is 2.36. The first-order valence-electron chi connectivity index (χ1n) is 15.6. The molecule has 254 valence electrons. The number of carbonyl (C=O) groups excluding carboxylic acids is 6. The molecule has 0 bridgehead atoms. The Kier molecular flexibility index (Phi) is 13.8. The van der Waals surface area contributed by atoms with E-state index in [4.69, 9.17) is 4.74 Å². The fourth-order valence-electron chi connectivity index (χ4n) is 4.98. The van der Waals surface area contributed by atoms with Gasteiger partial charge in [-0.05, 0) is 56.7 Å². The van der Waals surface area contributed by atoms with E-state index in [1.165, 1.54) is 6.07 Å². The van der Waals surface area contributed by atoms with E-state index in [0.717, 1.165) is 17.8 Å². The van der Waals surface area contributed by atoms with Gasteiger partial charge in [0.05, 0.1) is 12.2 Å². The fourth-order valence-corrected chi connectivity index (χ4v) is 4.98. The van der Waals surface area contributed by atoms with Crippen molar-refractivity contribution in [2.24, 2.45) is 11.8 Å². The lowest BCUT2D eigenvalue weighted by Crippen LogP contribution is -2.58. The molecule has 4 atom stereocenters. The van der Waals surface area contributed by atoms with Crippen LogP contribution in [0.4, 0.5) is 9.18 Å². The summed E-state index contributed by atoms with van der Waals surface area (Å²) in [5.74, 6) is -4.88. The Labute approximate surface area is 273 Å². The maximum atomic E-state index is 13.7. The zero-order chi connectivity index (χ0) is 34.5. The minimum atomic E-state index is -1.33. The number of amides is 5. The van der Waals surface area contributed by atoms with Crippen molar-refractivity contribution in [3.05, 3.63) is 65.7 Å². The third kappa shape index (κ3) is 12.1. The van der Waals surface area contributed by atoms with Gasteiger partial charge in [0.15, 0.2) is 0 Å². The van der Waals surface area contributed by atoms with Gasteiger partial charge in [-0.1, -0.05) is 44.2 Å². The van der Waals surface area contributed by atoms with E-state index >= 15 is 0 Å². The SMILES string of the molecule is CC(C)CC(NC(=O)C(Cc1ccc(F)cn1)NC(=O)OCc1ccccc1)C(=O)NC(C[C@@H]1CCNC1=O)C(=O)C(=O)NC(C)C. The molecule has 13 nitrogen and oxygen atoms in total. The largest absolute Gasteiger partial charge is 0.445 e. The number of carbonyl (C=O) groups is 6. The van der Waals surface area contributed by atoms with Crippen LogP contribution < -0.4 is 26.6 Å². The molecule has 3 rings (SSSR count). The van der Waals surface area contributed by atoms with Crippen molar-refractivity contribution in [1.29, 1.82) is 0 Å². The number of benzene rings is 1. The van der Waals surface area contributed by atoms with Crippen LogP contribution in [0.15, 0.2) is 48.7 Å². The lowest BCUT2D eigenvalue weighted by Gasteiger charge is -2.26. The number of hydrogen-bond acceptors (Lipinski definition) is 8. The molecule has 2 aromatic rings. The number of ketones is 1. The molecule has 2 heterocycles. The lowest BCUT2D eigenvalue weighted by molar-refractivity contribution is -0.141. The summed E-state index contributed by atoms with van der Waals surface area (Å²) < 4.78 is 18.8. The van der Waals surface area contributed by atoms with Gasteiger partial charge in [-0.25, -0.2) is 9.18 Å². The molecule has 1 aliphatic heterocycles. The zero-order valence-electron chi connectivity index (χ0n) is 27.0. The maximum absolute atomic E-state index is 13.7. The van der Waals surface area contributed by atoms with E-state index in [0.29, 0.717) is 13.0 Å². The Morgan fingerprint density at radius 2 is 1.60 bits per heavy atom. The third-order valence-electron chi connectivity index (χ3n) is 7.32. The van der Waals surface area contributed by atoms with E-state index < -0.39 is 59.5 Å². The molecule has 5 N–H and O–H groups in total. The maximum Gasteiger partial charge on any atom is 0.408 e. The first-order chi connectivity index (χ1) is 22.3. The number of Topliss-reactive ketones (excluding diaryl/α,β-unsaturated/α-hetero) is 1. The second-order valence-electron chi connectivity index (χ2n) is 12.2. The Balaban J connectivity index is 1.79. The van der Waals surface area contributed by atoms with Gasteiger partial charge in [0.2, 0.25) is 23.5 Å². The molecule has 1 aliphatic rings. The summed E-state index contributed by atoms with van der Waals surface area (Å²) in [6, 6.07) is 7.29. The number of pyridine rings is 1. The van der Waals surface area contributed by atoms with E-state index in [2.05, 4.69) is 31.6 Å². The van der Waals surface area contributed by atoms with Crippen LogP contribution in [0.2, 0.25) is 0 Å². The predicted molar refractivity (Wildman–Crippen MR) is 169 cm³/mol. The Bertz CT molecular complexity index is 1400. The molecule has 0 aliphatic carbocycles. The van der Waals surface area contributed by atoms with Crippen LogP contribution >= 0.6 is 0 Å². The third-order valence-corrected chi connectivity index (χ3v) is 7.32. The van der Waals surface area contributed by atoms with Crippen molar-refractivity contribution in [3.63, 3.8) is 0 Å². The fraction of sp³-hybridized carbons (Fsp3) is 0.485. The number of nitrogens with one attached hydrogen (secondary N) is 5. The van der Waals surface area contributed by atoms with E-state index in [1.54, 1.807) is 38.1 Å². The van der Waals surface area contributed by atoms with Crippen molar-refractivity contribution >= 4 is 35.5 Å². The van der Waals surface area contributed by atoms with E-state index in [-0.39, 0.29) is 49.4 Å². The first kappa shape index (κ1) is 36.6. The highest BCUT2D eigenvalue weighted by molar-refractivity contribution is 6.38. The van der Waals surface area contributed by atoms with Crippen LogP contribution in [0, 0.1) is 17.7 Å². The van der Waals surface area contributed by atoms with Gasteiger partial charge in [0.1, 0.15) is 24.5 Å². The topological polar surface area (TPSA) is 185 Å². The number of ether oxygens (including phenoxy) is 1. The standard InChI is InChI=1S/C33H43FN6O7/c1-19(2)14-26(30(43)38-25(15-22-12-13-35-29(22)42)28(41)32(45)37-20(3)4)39-31(44)27(16-24-11-10-23(34)17-36-24)40-33(46)47-18-21-8-6-5-7-9-21/h5-11,17,19-20,22,25-27H,12-16,18H2,1-4H3,(H,35,42)(H,37,45)(H,38,43)(H,39,44)(H,40,46)/t22-,25?,26?,27?/m0/s1. The van der Waals surface area contributed by atoms with Gasteiger partial charge >= 0.3 is 6.09 Å². The normalized spacial score (nSPS) is 16.1. The van der Waals surface area contributed by atoms with Gasteiger partial charge in [-0.2, -0.15) is 0 Å². The molecule has 1 saturated heterocycles. The molecule has 3 unspecified atom stereocenters. The van der Waals surface area contributed by atoms with Crippen molar-refractivity contribution in [1.82, 2.24) is 31.6 Å². The van der Waals surface area contributed by atoms with Crippen molar-refractivity contribution in [3.8, 4) is 0 Å². The van der Waals surface area contributed by atoms with Crippen LogP contribution in [0.3, 0.4) is 0 Å². The Hall–Kier alpha value is -4.88. The van der Waals surface area contributed by atoms with E-state index in [1.807, 2.05) is 19.9 Å². The second-order valence-corrected chi connectivity index (χ2v) is 12.2. The highest BCUT2D eigenvalue weighted by Crippen LogP contribution is 2.18. The monoisotopic (exact) mass is 654 g/mol. The van der Waals surface area contributed by atoms with Crippen LogP contribution in [0.25, 0.3) is 0 Å². The number of hydrogen-bond donors (Lipinski definition) is 5. The van der Waals surface area contributed by atoms with Crippen molar-refractivity contribution in [2.45, 2.75) is 84.2 Å². The average molecular weight is 655 g/mol. The van der Waals surface area contributed by atoms with Crippen LogP contribution in [-0.4, -0.2) is 71.2 Å². The molecule has 5 amide bonds. The summed E-state index contributed by atoms with van der Waals surface area (Å²) >= 11 is 0.